The number of hydrogen-bond donors (Lipinski definition) is 2. The van der Waals surface area contributed by atoms with E-state index in [2.05, 4.69) is 4.83 Å². The molecule has 1 rings (SSSR count). The normalized spacial score (nSPS) is 34.5. The van der Waals surface area contributed by atoms with Crippen LogP contribution in [0.5, 0.6) is 0 Å². The summed E-state index contributed by atoms with van der Waals surface area (Å²) in [6.07, 6.45) is 0. The first kappa shape index (κ1) is 4.39. The average Bonchev–Trinajstić information content (AvgIpc) is 1.86. The van der Waals surface area contributed by atoms with Crippen LogP contribution < -0.4 is 10.0 Å². The molecule has 0 aliphatic carbocycles. The Morgan fingerprint density at radius 1 is 2.00 bits per heavy atom. The predicted octanol–water partition coefficient (Wildman–Crippen LogP) is -1.30. The van der Waals surface area contributed by atoms with Gasteiger partial charge in [-0.3, -0.25) is 5.17 Å². The third-order valence-corrected chi connectivity index (χ3v) is 1.20. The Morgan fingerprint density at radius 3 is 3.00 bits per heavy atom. The summed E-state index contributed by atoms with van der Waals surface area (Å²) in [5, 5.41) is 10.2. The number of quaternary nitrogens is 1. The molecule has 4 heteroatoms. The Bertz CT molecular complexity index is 44.8. The summed E-state index contributed by atoms with van der Waals surface area (Å²) in [5.41, 5.74) is 0. The highest BCUT2D eigenvalue weighted by molar-refractivity contribution is 7.99. The first-order valence-electron chi connectivity index (χ1n) is 1.66. The fraction of sp³-hybridized carbons (Fsp3) is 0.500. The van der Waals surface area contributed by atoms with Gasteiger partial charge in [-0.15, -0.1) is 4.83 Å². The lowest BCUT2D eigenvalue weighted by molar-refractivity contribution is -0.869. The lowest BCUT2D eigenvalue weighted by Crippen LogP contribution is -3.10. The third-order valence-electron chi connectivity index (χ3n) is 0.525. The summed E-state index contributed by atoms with van der Waals surface area (Å²) >= 11 is 1.36. The topological polar surface area (TPSA) is 39.5 Å². The van der Waals surface area contributed by atoms with Gasteiger partial charge in [0.1, 0.15) is 6.54 Å². The van der Waals surface area contributed by atoms with Crippen molar-refractivity contribution in [3.8, 4) is 0 Å². The largest absolute Gasteiger partial charge is 0.612 e. The first-order valence-corrected chi connectivity index (χ1v) is 2.54. The van der Waals surface area contributed by atoms with E-state index in [0.717, 1.165) is 0 Å². The van der Waals surface area contributed by atoms with E-state index in [9.17, 15) is 5.21 Å². The van der Waals surface area contributed by atoms with Crippen LogP contribution in [0.4, 0.5) is 0 Å². The van der Waals surface area contributed by atoms with Gasteiger partial charge >= 0.3 is 0 Å². The molecule has 1 fully saturated rings. The maximum Gasteiger partial charge on any atom is 0.110 e. The molecule has 0 aromatic heterocycles. The molecule has 6 heavy (non-hydrogen) atoms. The van der Waals surface area contributed by atoms with Gasteiger partial charge in [0.05, 0.1) is 5.75 Å². The SMILES string of the molecule is [O-][NH+]1C[CH]SN1. The number of nitrogens with one attached hydrogen (secondary N) is 2. The summed E-state index contributed by atoms with van der Waals surface area (Å²) in [6.45, 7) is 0.574. The van der Waals surface area contributed by atoms with Gasteiger partial charge < -0.3 is 5.21 Å². The highest BCUT2D eigenvalue weighted by Gasteiger charge is 2.04. The molecule has 0 amide bonds. The molecule has 1 heterocycles. The zero-order valence-corrected chi connectivity index (χ0v) is 3.92. The van der Waals surface area contributed by atoms with E-state index < -0.39 is 0 Å². The van der Waals surface area contributed by atoms with Gasteiger partial charge in [0.15, 0.2) is 0 Å². The smallest absolute Gasteiger partial charge is 0.110 e. The minimum Gasteiger partial charge on any atom is -0.612 e. The van der Waals surface area contributed by atoms with Gasteiger partial charge in [0, 0.05) is 0 Å². The highest BCUT2D eigenvalue weighted by atomic mass is 32.2. The van der Waals surface area contributed by atoms with Crippen molar-refractivity contribution >= 4 is 11.9 Å². The van der Waals surface area contributed by atoms with Gasteiger partial charge in [-0.2, -0.15) is 0 Å². The lowest BCUT2D eigenvalue weighted by atomic mass is 10.8. The number of hydroxylamine groups is 1. The van der Waals surface area contributed by atoms with Crippen molar-refractivity contribution in [2.45, 2.75) is 0 Å². The summed E-state index contributed by atoms with van der Waals surface area (Å²) in [6, 6.07) is 0. The van der Waals surface area contributed by atoms with Crippen LogP contribution in [0.2, 0.25) is 0 Å². The summed E-state index contributed by atoms with van der Waals surface area (Å²) in [4.78, 5) is 2.54. The maximum atomic E-state index is 10.1. The van der Waals surface area contributed by atoms with Crippen LogP contribution >= 0.6 is 11.9 Å². The van der Waals surface area contributed by atoms with E-state index in [1.807, 2.05) is 5.75 Å². The third kappa shape index (κ3) is 0.844. The first-order chi connectivity index (χ1) is 2.89. The monoisotopic (exact) mass is 105 g/mol. The molecule has 0 bridgehead atoms. The molecule has 0 aromatic rings. The fourth-order valence-corrected chi connectivity index (χ4v) is 0.799. The Labute approximate surface area is 40.4 Å². The van der Waals surface area contributed by atoms with Crippen LogP contribution in [0.15, 0.2) is 0 Å². The number of hydrogen-bond acceptors (Lipinski definition) is 3. The van der Waals surface area contributed by atoms with E-state index in [1.54, 1.807) is 0 Å². The van der Waals surface area contributed by atoms with Gasteiger partial charge in [0.2, 0.25) is 0 Å². The van der Waals surface area contributed by atoms with Crippen LogP contribution in [0.3, 0.4) is 0 Å². The minimum atomic E-state index is 0.111. The second-order valence-electron chi connectivity index (χ2n) is 1.01. The van der Waals surface area contributed by atoms with E-state index in [1.165, 1.54) is 11.9 Å². The standard InChI is InChI=1S/C2H5N2OS/c5-4-1-2-6-3-4/h2-4H,1H2. The summed E-state index contributed by atoms with van der Waals surface area (Å²) in [5.74, 6) is 1.84. The van der Waals surface area contributed by atoms with Gasteiger partial charge in [-0.1, -0.05) is 0 Å². The van der Waals surface area contributed by atoms with Crippen LogP contribution in [0.25, 0.3) is 0 Å². The molecule has 1 saturated heterocycles. The van der Waals surface area contributed by atoms with Crippen molar-refractivity contribution in [2.24, 2.45) is 0 Å². The molecular weight excluding hydrogens is 100 g/mol. The van der Waals surface area contributed by atoms with E-state index in [4.69, 9.17) is 0 Å². The second-order valence-corrected chi connectivity index (χ2v) is 1.79. The molecule has 1 unspecified atom stereocenters. The minimum absolute atomic E-state index is 0.111. The average molecular weight is 105 g/mol. The van der Waals surface area contributed by atoms with Gasteiger partial charge in [0.25, 0.3) is 0 Å². The molecular formula is C2H5N2OS. The molecule has 1 atom stereocenters. The molecule has 2 N–H and O–H groups in total. The van der Waals surface area contributed by atoms with Crippen molar-refractivity contribution in [1.82, 2.24) is 4.83 Å². The second kappa shape index (κ2) is 1.79. The summed E-state index contributed by atoms with van der Waals surface area (Å²) < 4.78 is 0. The van der Waals surface area contributed by atoms with Gasteiger partial charge in [-0.05, 0) is 11.9 Å². The molecule has 1 radical (unpaired) electrons. The lowest BCUT2D eigenvalue weighted by Gasteiger charge is -2.09. The van der Waals surface area contributed by atoms with Crippen LogP contribution in [-0.4, -0.2) is 6.54 Å². The zero-order chi connectivity index (χ0) is 4.41. The maximum absolute atomic E-state index is 10.1. The number of rotatable bonds is 0. The quantitative estimate of drug-likeness (QED) is 0.297. The predicted molar refractivity (Wildman–Crippen MR) is 24.2 cm³/mol. The van der Waals surface area contributed by atoms with Gasteiger partial charge in [-0.25, -0.2) is 0 Å². The van der Waals surface area contributed by atoms with E-state index >= 15 is 0 Å². The van der Waals surface area contributed by atoms with E-state index in [-0.39, 0.29) is 5.17 Å². The Kier molecular flexibility index (Phi) is 1.31. The van der Waals surface area contributed by atoms with Crippen LogP contribution in [-0.2, 0) is 0 Å². The van der Waals surface area contributed by atoms with Crippen molar-refractivity contribution in [3.63, 3.8) is 0 Å². The molecule has 3 nitrogen and oxygen atoms in total. The molecule has 35 valence electrons. The summed E-state index contributed by atoms with van der Waals surface area (Å²) in [7, 11) is 0. The Balaban J connectivity index is 2.18. The Morgan fingerprint density at radius 2 is 2.83 bits per heavy atom. The molecule has 0 spiro atoms. The van der Waals surface area contributed by atoms with Crippen LogP contribution in [0.1, 0.15) is 0 Å². The van der Waals surface area contributed by atoms with E-state index in [0.29, 0.717) is 6.54 Å². The highest BCUT2D eigenvalue weighted by Crippen LogP contribution is 1.95. The van der Waals surface area contributed by atoms with Crippen molar-refractivity contribution < 1.29 is 5.17 Å². The molecule has 1 aliphatic heterocycles. The van der Waals surface area contributed by atoms with Crippen molar-refractivity contribution in [3.05, 3.63) is 11.0 Å². The van der Waals surface area contributed by atoms with Crippen molar-refractivity contribution in [2.75, 3.05) is 6.54 Å². The molecule has 1 aliphatic rings. The Hall–Kier alpha value is 0.230. The molecule has 0 saturated carbocycles. The zero-order valence-electron chi connectivity index (χ0n) is 3.10. The van der Waals surface area contributed by atoms with Crippen LogP contribution in [0, 0.1) is 11.0 Å². The fourth-order valence-electron chi connectivity index (χ4n) is 0.266. The van der Waals surface area contributed by atoms with Crippen molar-refractivity contribution in [1.29, 1.82) is 0 Å². The molecule has 0 aromatic carbocycles.